The monoisotopic (exact) mass is 255 g/mol. The van der Waals surface area contributed by atoms with Gasteiger partial charge in [0.25, 0.3) is 0 Å². The van der Waals surface area contributed by atoms with Gasteiger partial charge in [0.1, 0.15) is 0 Å². The highest BCUT2D eigenvalue weighted by Crippen LogP contribution is 2.21. The van der Waals surface area contributed by atoms with Crippen LogP contribution in [0.1, 0.15) is 31.2 Å². The Morgan fingerprint density at radius 3 is 2.67 bits per heavy atom. The van der Waals surface area contributed by atoms with Crippen LogP contribution in [0.15, 0.2) is 23.4 Å². The molecule has 0 atom stereocenters. The fraction of sp³-hybridized carbons (Fsp3) is 0.462. The van der Waals surface area contributed by atoms with E-state index in [4.69, 9.17) is 9.94 Å². The minimum absolute atomic E-state index is 0.0122. The standard InChI is InChI=1S/C13H15F2NO2/c14-12-3-1-2-9(13(12)15)8-18-11-6-4-10(16-17)5-7-11/h1-3,11,17H,4-8H2. The van der Waals surface area contributed by atoms with Gasteiger partial charge >= 0.3 is 0 Å². The summed E-state index contributed by atoms with van der Waals surface area (Å²) in [4.78, 5) is 0. The molecule has 0 spiro atoms. The molecular weight excluding hydrogens is 240 g/mol. The maximum absolute atomic E-state index is 13.4. The quantitative estimate of drug-likeness (QED) is 0.665. The summed E-state index contributed by atoms with van der Waals surface area (Å²) in [6.07, 6.45) is 2.88. The minimum atomic E-state index is -0.852. The first-order chi connectivity index (χ1) is 8.70. The van der Waals surface area contributed by atoms with E-state index < -0.39 is 11.6 Å². The van der Waals surface area contributed by atoms with E-state index in [1.54, 1.807) is 0 Å². The number of hydrogen-bond donors (Lipinski definition) is 1. The van der Waals surface area contributed by atoms with E-state index in [1.807, 2.05) is 0 Å². The zero-order valence-corrected chi connectivity index (χ0v) is 9.90. The Morgan fingerprint density at radius 1 is 1.28 bits per heavy atom. The van der Waals surface area contributed by atoms with Crippen molar-refractivity contribution in [1.29, 1.82) is 0 Å². The lowest BCUT2D eigenvalue weighted by Crippen LogP contribution is -2.21. The molecule has 1 aliphatic rings. The third-order valence-corrected chi connectivity index (χ3v) is 3.16. The SMILES string of the molecule is ON=C1CCC(OCc2cccc(F)c2F)CC1. The van der Waals surface area contributed by atoms with Crippen molar-refractivity contribution in [2.24, 2.45) is 5.16 Å². The molecule has 0 aliphatic heterocycles. The molecule has 1 aromatic carbocycles. The summed E-state index contributed by atoms with van der Waals surface area (Å²) < 4.78 is 31.9. The van der Waals surface area contributed by atoms with E-state index in [1.165, 1.54) is 12.1 Å². The van der Waals surface area contributed by atoms with Crippen LogP contribution in [0.25, 0.3) is 0 Å². The van der Waals surface area contributed by atoms with E-state index in [-0.39, 0.29) is 18.3 Å². The highest BCUT2D eigenvalue weighted by Gasteiger charge is 2.19. The number of oxime groups is 1. The average Bonchev–Trinajstić information content (AvgIpc) is 2.41. The van der Waals surface area contributed by atoms with Gasteiger partial charge in [-0.2, -0.15) is 0 Å². The summed E-state index contributed by atoms with van der Waals surface area (Å²) in [6, 6.07) is 4.07. The molecule has 1 fully saturated rings. The second-order valence-corrected chi connectivity index (χ2v) is 4.39. The molecule has 1 aliphatic carbocycles. The molecule has 3 nitrogen and oxygen atoms in total. The Hall–Kier alpha value is -1.49. The van der Waals surface area contributed by atoms with Crippen LogP contribution in [-0.4, -0.2) is 17.0 Å². The Labute approximate surface area is 104 Å². The van der Waals surface area contributed by atoms with Crippen molar-refractivity contribution < 1.29 is 18.7 Å². The third kappa shape index (κ3) is 3.04. The van der Waals surface area contributed by atoms with Gasteiger partial charge in [-0.3, -0.25) is 0 Å². The van der Waals surface area contributed by atoms with Crippen LogP contribution in [0.5, 0.6) is 0 Å². The molecule has 0 radical (unpaired) electrons. The average molecular weight is 255 g/mol. The molecule has 18 heavy (non-hydrogen) atoms. The summed E-state index contributed by atoms with van der Waals surface area (Å²) in [5, 5.41) is 11.8. The molecule has 1 aromatic rings. The first-order valence-electron chi connectivity index (χ1n) is 5.95. The highest BCUT2D eigenvalue weighted by atomic mass is 19.2. The lowest BCUT2D eigenvalue weighted by Gasteiger charge is -2.22. The fourth-order valence-electron chi connectivity index (χ4n) is 2.06. The van der Waals surface area contributed by atoms with Crippen LogP contribution in [0.3, 0.4) is 0 Å². The van der Waals surface area contributed by atoms with Crippen molar-refractivity contribution in [2.45, 2.75) is 38.4 Å². The normalized spacial score (nSPS) is 19.9. The molecule has 0 amide bonds. The van der Waals surface area contributed by atoms with Gasteiger partial charge < -0.3 is 9.94 Å². The first-order valence-corrected chi connectivity index (χ1v) is 5.95. The van der Waals surface area contributed by atoms with E-state index >= 15 is 0 Å². The zero-order valence-electron chi connectivity index (χ0n) is 9.90. The van der Waals surface area contributed by atoms with Crippen molar-refractivity contribution in [1.82, 2.24) is 0 Å². The highest BCUT2D eigenvalue weighted by molar-refractivity contribution is 5.84. The van der Waals surface area contributed by atoms with Gasteiger partial charge in [0.05, 0.1) is 18.4 Å². The Bertz CT molecular complexity index is 439. The fourth-order valence-corrected chi connectivity index (χ4v) is 2.06. The van der Waals surface area contributed by atoms with Crippen LogP contribution in [0.4, 0.5) is 8.78 Å². The van der Waals surface area contributed by atoms with Gasteiger partial charge in [-0.15, -0.1) is 0 Å². The lowest BCUT2D eigenvalue weighted by atomic mass is 9.96. The number of hydrogen-bond acceptors (Lipinski definition) is 3. The van der Waals surface area contributed by atoms with Crippen LogP contribution >= 0.6 is 0 Å². The smallest absolute Gasteiger partial charge is 0.164 e. The van der Waals surface area contributed by atoms with Crippen LogP contribution < -0.4 is 0 Å². The summed E-state index contributed by atoms with van der Waals surface area (Å²) in [6.45, 7) is 0.0693. The van der Waals surface area contributed by atoms with E-state index in [2.05, 4.69) is 5.16 Å². The maximum Gasteiger partial charge on any atom is 0.164 e. The zero-order chi connectivity index (χ0) is 13.0. The van der Waals surface area contributed by atoms with E-state index in [0.717, 1.165) is 24.6 Å². The third-order valence-electron chi connectivity index (χ3n) is 3.16. The van der Waals surface area contributed by atoms with Crippen LogP contribution in [-0.2, 0) is 11.3 Å². The second kappa shape index (κ2) is 5.91. The predicted octanol–water partition coefficient (Wildman–Crippen LogP) is 3.25. The molecule has 0 aromatic heterocycles. The molecule has 0 bridgehead atoms. The van der Waals surface area contributed by atoms with Gasteiger partial charge in [0.2, 0.25) is 0 Å². The van der Waals surface area contributed by atoms with Crippen molar-refractivity contribution in [3.63, 3.8) is 0 Å². The molecule has 0 unspecified atom stereocenters. The molecule has 2 rings (SSSR count). The summed E-state index contributed by atoms with van der Waals surface area (Å²) in [5.41, 5.74) is 1.00. The Balaban J connectivity index is 1.87. The van der Waals surface area contributed by atoms with Crippen molar-refractivity contribution >= 4 is 5.71 Å². The van der Waals surface area contributed by atoms with Gasteiger partial charge in [-0.25, -0.2) is 8.78 Å². The van der Waals surface area contributed by atoms with Crippen molar-refractivity contribution in [3.05, 3.63) is 35.4 Å². The predicted molar refractivity (Wildman–Crippen MR) is 62.6 cm³/mol. The first kappa shape index (κ1) is 13.0. The lowest BCUT2D eigenvalue weighted by molar-refractivity contribution is 0.0260. The van der Waals surface area contributed by atoms with Gasteiger partial charge in [-0.05, 0) is 31.7 Å². The summed E-state index contributed by atoms with van der Waals surface area (Å²) >= 11 is 0. The van der Waals surface area contributed by atoms with E-state index in [0.29, 0.717) is 12.8 Å². The number of benzene rings is 1. The molecule has 1 N–H and O–H groups in total. The molecular formula is C13H15F2NO2. The summed E-state index contributed by atoms with van der Waals surface area (Å²) in [7, 11) is 0. The number of ether oxygens (including phenoxy) is 1. The van der Waals surface area contributed by atoms with Crippen molar-refractivity contribution in [2.75, 3.05) is 0 Å². The van der Waals surface area contributed by atoms with Gasteiger partial charge in [-0.1, -0.05) is 17.3 Å². The second-order valence-electron chi connectivity index (χ2n) is 4.39. The maximum atomic E-state index is 13.4. The Morgan fingerprint density at radius 2 is 2.00 bits per heavy atom. The van der Waals surface area contributed by atoms with Crippen LogP contribution in [0.2, 0.25) is 0 Å². The molecule has 1 saturated carbocycles. The van der Waals surface area contributed by atoms with Crippen molar-refractivity contribution in [3.8, 4) is 0 Å². The molecule has 98 valence electrons. The topological polar surface area (TPSA) is 41.8 Å². The number of halogens is 2. The molecule has 0 saturated heterocycles. The van der Waals surface area contributed by atoms with Gasteiger partial charge in [0.15, 0.2) is 11.6 Å². The van der Waals surface area contributed by atoms with Gasteiger partial charge in [0, 0.05) is 5.56 Å². The molecule has 0 heterocycles. The Kier molecular flexibility index (Phi) is 4.25. The van der Waals surface area contributed by atoms with E-state index in [9.17, 15) is 8.78 Å². The van der Waals surface area contributed by atoms with Crippen LogP contribution in [0, 0.1) is 11.6 Å². The summed E-state index contributed by atoms with van der Waals surface area (Å²) in [5.74, 6) is -1.69. The minimum Gasteiger partial charge on any atom is -0.411 e. The number of rotatable bonds is 3. The number of nitrogens with zero attached hydrogens (tertiary/aromatic N) is 1. The molecule has 5 heteroatoms. The largest absolute Gasteiger partial charge is 0.411 e.